The van der Waals surface area contributed by atoms with E-state index in [1.54, 1.807) is 24.3 Å². The Bertz CT molecular complexity index is 1230. The van der Waals surface area contributed by atoms with E-state index in [9.17, 15) is 19.2 Å². The van der Waals surface area contributed by atoms with E-state index >= 15 is 0 Å². The van der Waals surface area contributed by atoms with Crippen molar-refractivity contribution in [2.45, 2.75) is 0 Å². The number of hydrogen-bond donors (Lipinski definition) is 1. The van der Waals surface area contributed by atoms with E-state index in [-0.39, 0.29) is 30.4 Å². The van der Waals surface area contributed by atoms with Gasteiger partial charge in [-0.05, 0) is 59.8 Å². The van der Waals surface area contributed by atoms with Crippen LogP contribution in [0.4, 0.5) is 4.79 Å². The molecular formula is C23H17N3O7S. The SMILES string of the molecule is N#Cc1ccc(C(=O)OCC(=O)NCCN2C(=O)S/C(=C/c3ccc4c(c3)OCO4)C2=O)cc1. The molecule has 172 valence electrons. The van der Waals surface area contributed by atoms with Gasteiger partial charge in [0.2, 0.25) is 6.79 Å². The molecule has 10 nitrogen and oxygen atoms in total. The van der Waals surface area contributed by atoms with Crippen molar-refractivity contribution < 1.29 is 33.4 Å². The van der Waals surface area contributed by atoms with Gasteiger partial charge in [-0.3, -0.25) is 19.3 Å². The van der Waals surface area contributed by atoms with Gasteiger partial charge < -0.3 is 19.5 Å². The number of carbonyl (C=O) groups excluding carboxylic acids is 4. The van der Waals surface area contributed by atoms with Crippen LogP contribution in [-0.2, 0) is 14.3 Å². The molecule has 11 heteroatoms. The third-order valence-electron chi connectivity index (χ3n) is 4.81. The molecule has 3 amide bonds. The number of hydrogen-bond acceptors (Lipinski definition) is 9. The van der Waals surface area contributed by atoms with Gasteiger partial charge >= 0.3 is 5.97 Å². The molecule has 0 unspecified atom stereocenters. The third-order valence-corrected chi connectivity index (χ3v) is 5.72. The number of esters is 1. The molecule has 0 spiro atoms. The van der Waals surface area contributed by atoms with Gasteiger partial charge in [0, 0.05) is 13.1 Å². The van der Waals surface area contributed by atoms with E-state index in [1.165, 1.54) is 24.3 Å². The van der Waals surface area contributed by atoms with Crippen molar-refractivity contribution in [3.8, 4) is 17.6 Å². The van der Waals surface area contributed by atoms with Crippen LogP contribution in [0.25, 0.3) is 6.08 Å². The monoisotopic (exact) mass is 479 g/mol. The zero-order valence-electron chi connectivity index (χ0n) is 17.6. The first-order valence-corrected chi connectivity index (χ1v) is 10.9. The fourth-order valence-corrected chi connectivity index (χ4v) is 3.97. The highest BCUT2D eigenvalue weighted by Gasteiger charge is 2.34. The lowest BCUT2D eigenvalue weighted by Crippen LogP contribution is -2.38. The summed E-state index contributed by atoms with van der Waals surface area (Å²) in [6.07, 6.45) is 1.59. The zero-order valence-corrected chi connectivity index (χ0v) is 18.4. The highest BCUT2D eigenvalue weighted by atomic mass is 32.2. The summed E-state index contributed by atoms with van der Waals surface area (Å²) in [6, 6.07) is 12.9. The minimum Gasteiger partial charge on any atom is -0.454 e. The largest absolute Gasteiger partial charge is 0.454 e. The lowest BCUT2D eigenvalue weighted by molar-refractivity contribution is -0.125. The second-order valence-electron chi connectivity index (χ2n) is 7.06. The molecule has 1 saturated heterocycles. The summed E-state index contributed by atoms with van der Waals surface area (Å²) in [5.74, 6) is -0.572. The van der Waals surface area contributed by atoms with Crippen molar-refractivity contribution in [1.29, 1.82) is 5.26 Å². The standard InChI is InChI=1S/C23H17N3O7S/c24-11-14-1-4-16(5-2-14)22(29)31-12-20(27)25-7-8-26-21(28)19(34-23(26)30)10-15-3-6-17-18(9-15)33-13-32-17/h1-6,9-10H,7-8,12-13H2,(H,25,27)/b19-10+. The van der Waals surface area contributed by atoms with Crippen molar-refractivity contribution in [3.05, 3.63) is 64.1 Å². The first-order chi connectivity index (χ1) is 16.4. The van der Waals surface area contributed by atoms with Gasteiger partial charge in [-0.25, -0.2) is 4.79 Å². The fraction of sp³-hybridized carbons (Fsp3) is 0.174. The maximum atomic E-state index is 12.6. The molecule has 2 heterocycles. The van der Waals surface area contributed by atoms with E-state index in [4.69, 9.17) is 19.5 Å². The number of thioether (sulfide) groups is 1. The Hall–Kier alpha value is -4.30. The molecule has 0 aromatic heterocycles. The predicted octanol–water partition coefficient (Wildman–Crippen LogP) is 2.30. The Morgan fingerprint density at radius 1 is 1.15 bits per heavy atom. The van der Waals surface area contributed by atoms with E-state index in [1.807, 2.05) is 6.07 Å². The quantitative estimate of drug-likeness (QED) is 0.469. The molecule has 34 heavy (non-hydrogen) atoms. The number of carbonyl (C=O) groups is 4. The summed E-state index contributed by atoms with van der Waals surface area (Å²) in [5, 5.41) is 10.8. The second kappa shape index (κ2) is 10.1. The van der Waals surface area contributed by atoms with Gasteiger partial charge in [0.25, 0.3) is 17.1 Å². The number of nitrogens with zero attached hydrogens (tertiary/aromatic N) is 2. The van der Waals surface area contributed by atoms with E-state index < -0.39 is 29.6 Å². The summed E-state index contributed by atoms with van der Waals surface area (Å²) < 4.78 is 15.5. The van der Waals surface area contributed by atoms with Gasteiger partial charge in [-0.2, -0.15) is 5.26 Å². The summed E-state index contributed by atoms with van der Waals surface area (Å²) >= 11 is 0.807. The molecule has 2 aliphatic heterocycles. The molecule has 0 aliphatic carbocycles. The number of amides is 3. The maximum Gasteiger partial charge on any atom is 0.338 e. The minimum absolute atomic E-state index is 0.00257. The first-order valence-electron chi connectivity index (χ1n) is 10.0. The maximum absolute atomic E-state index is 12.6. The Morgan fingerprint density at radius 2 is 1.91 bits per heavy atom. The van der Waals surface area contributed by atoms with E-state index in [0.717, 1.165) is 16.7 Å². The van der Waals surface area contributed by atoms with Gasteiger partial charge in [0.15, 0.2) is 18.1 Å². The van der Waals surface area contributed by atoms with Crippen molar-refractivity contribution in [2.24, 2.45) is 0 Å². The molecule has 0 saturated carbocycles. The van der Waals surface area contributed by atoms with Crippen molar-refractivity contribution >= 4 is 40.9 Å². The number of ether oxygens (including phenoxy) is 3. The topological polar surface area (TPSA) is 135 Å². The number of fused-ring (bicyclic) bond motifs is 1. The van der Waals surface area contributed by atoms with Crippen LogP contribution in [-0.4, -0.2) is 54.4 Å². The van der Waals surface area contributed by atoms with Gasteiger partial charge in [0.1, 0.15) is 0 Å². The van der Waals surface area contributed by atoms with E-state index in [0.29, 0.717) is 22.6 Å². The Labute approximate surface area is 198 Å². The second-order valence-corrected chi connectivity index (χ2v) is 8.05. The van der Waals surface area contributed by atoms with Crippen LogP contribution in [0, 0.1) is 11.3 Å². The Morgan fingerprint density at radius 3 is 2.68 bits per heavy atom. The van der Waals surface area contributed by atoms with Crippen LogP contribution in [0.2, 0.25) is 0 Å². The lowest BCUT2D eigenvalue weighted by atomic mass is 10.1. The molecule has 2 aromatic carbocycles. The number of nitrogens with one attached hydrogen (secondary N) is 1. The van der Waals surface area contributed by atoms with Crippen LogP contribution in [0.3, 0.4) is 0 Å². The molecule has 2 aliphatic rings. The average Bonchev–Trinajstić information content (AvgIpc) is 3.42. The molecule has 1 fully saturated rings. The molecule has 4 rings (SSSR count). The Kier molecular flexibility index (Phi) is 6.79. The fourth-order valence-electron chi connectivity index (χ4n) is 3.10. The van der Waals surface area contributed by atoms with Crippen LogP contribution in [0.15, 0.2) is 47.4 Å². The molecule has 0 atom stereocenters. The number of benzene rings is 2. The minimum atomic E-state index is -0.709. The Balaban J connectivity index is 1.24. The van der Waals surface area contributed by atoms with Gasteiger partial charge in [-0.15, -0.1) is 0 Å². The van der Waals surface area contributed by atoms with Crippen molar-refractivity contribution in [3.63, 3.8) is 0 Å². The number of rotatable bonds is 7. The van der Waals surface area contributed by atoms with Gasteiger partial charge in [-0.1, -0.05) is 6.07 Å². The summed E-state index contributed by atoms with van der Waals surface area (Å²) in [7, 11) is 0. The van der Waals surface area contributed by atoms with Crippen LogP contribution in [0.1, 0.15) is 21.5 Å². The van der Waals surface area contributed by atoms with E-state index in [2.05, 4.69) is 5.32 Å². The van der Waals surface area contributed by atoms with Crippen molar-refractivity contribution in [1.82, 2.24) is 10.2 Å². The van der Waals surface area contributed by atoms with Crippen LogP contribution >= 0.6 is 11.8 Å². The molecule has 2 aromatic rings. The van der Waals surface area contributed by atoms with Gasteiger partial charge in [0.05, 0.1) is 22.1 Å². The molecule has 0 radical (unpaired) electrons. The zero-order chi connectivity index (χ0) is 24.1. The molecule has 1 N–H and O–H groups in total. The van der Waals surface area contributed by atoms with Crippen LogP contribution in [0.5, 0.6) is 11.5 Å². The third kappa shape index (κ3) is 5.19. The highest BCUT2D eigenvalue weighted by molar-refractivity contribution is 8.18. The summed E-state index contributed by atoms with van der Waals surface area (Å²) in [4.78, 5) is 50.1. The smallest absolute Gasteiger partial charge is 0.338 e. The molecule has 0 bridgehead atoms. The van der Waals surface area contributed by atoms with Crippen molar-refractivity contribution in [2.75, 3.05) is 26.5 Å². The van der Waals surface area contributed by atoms with Crippen LogP contribution < -0.4 is 14.8 Å². The number of nitriles is 1. The lowest BCUT2D eigenvalue weighted by Gasteiger charge is -2.13. The summed E-state index contributed by atoms with van der Waals surface area (Å²) in [5.41, 5.74) is 1.29. The highest BCUT2D eigenvalue weighted by Crippen LogP contribution is 2.36. The number of imide groups is 1. The average molecular weight is 479 g/mol. The normalized spacial score (nSPS) is 15.4. The molecular weight excluding hydrogens is 462 g/mol. The first kappa shape index (κ1) is 22.9. The predicted molar refractivity (Wildman–Crippen MR) is 120 cm³/mol. The summed E-state index contributed by atoms with van der Waals surface area (Å²) in [6.45, 7) is -0.415.